The second-order valence-electron chi connectivity index (χ2n) is 16.7. The summed E-state index contributed by atoms with van der Waals surface area (Å²) in [4.78, 5) is 83.9. The van der Waals surface area contributed by atoms with Crippen LogP contribution in [-0.2, 0) is 35.2 Å². The molecule has 0 saturated heterocycles. The minimum absolute atomic E-state index is 0.126. The van der Waals surface area contributed by atoms with Crippen LogP contribution >= 0.6 is 0 Å². The summed E-state index contributed by atoms with van der Waals surface area (Å²) in [6.45, 7) is 8.07. The lowest BCUT2D eigenvalue weighted by molar-refractivity contribution is -0.136. The fourth-order valence-electron chi connectivity index (χ4n) is 7.17. The van der Waals surface area contributed by atoms with Crippen molar-refractivity contribution in [2.24, 2.45) is 34.2 Å². The van der Waals surface area contributed by atoms with Crippen LogP contribution in [0.1, 0.15) is 156 Å². The SMILES string of the molecule is CCCCCCCCCCCCCCCC(=O)N[C@H](C(=O)N[C@H](C(=O)C[C@H](Cc1ccccc1)C(=O)N[C@@H](CCCN=C(N)N)C(=O)C[C@@H](CO)C(C)=O)C(C)C)[C@@H](C)O. The first-order valence-electron chi connectivity index (χ1n) is 22.4. The minimum atomic E-state index is -1.29. The highest BCUT2D eigenvalue weighted by Gasteiger charge is 2.34. The van der Waals surface area contributed by atoms with Gasteiger partial charge < -0.3 is 37.6 Å². The van der Waals surface area contributed by atoms with E-state index in [9.17, 15) is 39.0 Å². The first-order valence-corrected chi connectivity index (χ1v) is 22.4. The predicted molar refractivity (Wildman–Crippen MR) is 237 cm³/mol. The number of carbonyl (C=O) groups is 6. The van der Waals surface area contributed by atoms with E-state index in [1.54, 1.807) is 26.0 Å². The second-order valence-corrected chi connectivity index (χ2v) is 16.7. The number of ketones is 3. The molecule has 9 N–H and O–H groups in total. The molecule has 0 aliphatic carbocycles. The number of nitrogens with zero attached hydrogens (tertiary/aromatic N) is 1. The Morgan fingerprint density at radius 3 is 1.73 bits per heavy atom. The maximum absolute atomic E-state index is 14.0. The zero-order valence-electron chi connectivity index (χ0n) is 37.2. The van der Waals surface area contributed by atoms with Gasteiger partial charge in [0.05, 0.1) is 24.8 Å². The average Bonchev–Trinajstić information content (AvgIpc) is 3.20. The molecule has 1 aromatic rings. The van der Waals surface area contributed by atoms with Crippen molar-refractivity contribution in [1.82, 2.24) is 16.0 Å². The Hall–Kier alpha value is -4.17. The van der Waals surface area contributed by atoms with Crippen molar-refractivity contribution in [3.05, 3.63) is 35.9 Å². The maximum Gasteiger partial charge on any atom is 0.245 e. The summed E-state index contributed by atoms with van der Waals surface area (Å²) in [5.41, 5.74) is 11.7. The smallest absolute Gasteiger partial charge is 0.245 e. The van der Waals surface area contributed by atoms with E-state index in [0.29, 0.717) is 12.8 Å². The zero-order chi connectivity index (χ0) is 44.9. The molecule has 14 nitrogen and oxygen atoms in total. The molecule has 0 radical (unpaired) electrons. The number of rotatable bonds is 35. The van der Waals surface area contributed by atoms with Gasteiger partial charge in [0.1, 0.15) is 11.8 Å². The molecular formula is C46H78N6O8. The standard InChI is InChI=1S/C46H78N6O8/c1-6-7-8-9-10-11-12-13-14-15-16-17-21-26-41(58)51-43(34(5)55)45(60)52-42(32(2)3)40(57)29-36(28-35-23-19-18-20-24-35)44(59)50-38(25-22-27-49-46(47)48)39(56)30-37(31-53)33(4)54/h18-20,23-24,32,34,36-38,42-43,53,55H,6-17,21-22,25-31H2,1-5H3,(H,50,59)(H,51,58)(H,52,60)(H4,47,48,49)/t34-,36+,37+,38+,42+,43+/m1/s1. The molecule has 0 aliphatic rings. The van der Waals surface area contributed by atoms with E-state index in [0.717, 1.165) is 24.8 Å². The van der Waals surface area contributed by atoms with Gasteiger partial charge in [0, 0.05) is 37.6 Å². The quantitative estimate of drug-likeness (QED) is 0.0274. The van der Waals surface area contributed by atoms with Crippen molar-refractivity contribution in [3.8, 4) is 0 Å². The van der Waals surface area contributed by atoms with Crippen molar-refractivity contribution < 1.29 is 39.0 Å². The van der Waals surface area contributed by atoms with E-state index in [-0.39, 0.29) is 56.3 Å². The Morgan fingerprint density at radius 1 is 0.683 bits per heavy atom. The number of hydrogen-bond donors (Lipinski definition) is 7. The van der Waals surface area contributed by atoms with E-state index >= 15 is 0 Å². The monoisotopic (exact) mass is 843 g/mol. The van der Waals surface area contributed by atoms with Gasteiger partial charge in [-0.05, 0) is 51.0 Å². The summed E-state index contributed by atoms with van der Waals surface area (Å²) in [6.07, 6.45) is 14.3. The van der Waals surface area contributed by atoms with Crippen molar-refractivity contribution >= 4 is 41.0 Å². The minimum Gasteiger partial charge on any atom is -0.396 e. The first-order chi connectivity index (χ1) is 28.6. The van der Waals surface area contributed by atoms with Gasteiger partial charge in [0.25, 0.3) is 0 Å². The molecule has 0 spiro atoms. The highest BCUT2D eigenvalue weighted by Crippen LogP contribution is 2.19. The number of amides is 3. The number of benzene rings is 1. The third-order valence-corrected chi connectivity index (χ3v) is 10.9. The Balaban J connectivity index is 2.97. The van der Waals surface area contributed by atoms with Crippen LogP contribution in [0.15, 0.2) is 35.3 Å². The number of Topliss-reactive ketones (excluding diaryl/α,β-unsaturated/α-hetero) is 3. The summed E-state index contributed by atoms with van der Waals surface area (Å²) >= 11 is 0. The molecule has 0 aliphatic heterocycles. The molecule has 14 heteroatoms. The number of unbranched alkanes of at least 4 members (excludes halogenated alkanes) is 12. The van der Waals surface area contributed by atoms with Crippen LogP contribution in [0.2, 0.25) is 0 Å². The first kappa shape index (κ1) is 53.8. The number of carbonyl (C=O) groups excluding carboxylic acids is 6. The summed E-state index contributed by atoms with van der Waals surface area (Å²) in [5, 5.41) is 28.4. The van der Waals surface area contributed by atoms with Crippen molar-refractivity contribution in [2.75, 3.05) is 13.2 Å². The largest absolute Gasteiger partial charge is 0.396 e. The lowest BCUT2D eigenvalue weighted by Crippen LogP contribution is -2.57. The highest BCUT2D eigenvalue weighted by atomic mass is 16.3. The lowest BCUT2D eigenvalue weighted by atomic mass is 9.87. The van der Waals surface area contributed by atoms with E-state index in [4.69, 9.17) is 11.5 Å². The zero-order valence-corrected chi connectivity index (χ0v) is 37.2. The Labute approximate surface area is 359 Å². The lowest BCUT2D eigenvalue weighted by Gasteiger charge is -2.28. The number of hydrogen-bond acceptors (Lipinski definition) is 9. The molecule has 1 rings (SSSR count). The normalized spacial score (nSPS) is 14.3. The second kappa shape index (κ2) is 31.7. The van der Waals surface area contributed by atoms with E-state index in [2.05, 4.69) is 27.9 Å². The molecule has 340 valence electrons. The fourth-order valence-corrected chi connectivity index (χ4v) is 7.17. The number of nitrogens with two attached hydrogens (primary N) is 2. The Morgan fingerprint density at radius 2 is 1.23 bits per heavy atom. The highest BCUT2D eigenvalue weighted by molar-refractivity contribution is 5.96. The van der Waals surface area contributed by atoms with Gasteiger partial charge in [-0.15, -0.1) is 0 Å². The Kier molecular flexibility index (Phi) is 28.4. The van der Waals surface area contributed by atoms with Crippen LogP contribution in [0.5, 0.6) is 0 Å². The maximum atomic E-state index is 14.0. The van der Waals surface area contributed by atoms with Crippen molar-refractivity contribution in [1.29, 1.82) is 0 Å². The predicted octanol–water partition coefficient (Wildman–Crippen LogP) is 4.99. The van der Waals surface area contributed by atoms with E-state index < -0.39 is 72.0 Å². The number of aliphatic imine (C=N–C) groups is 1. The van der Waals surface area contributed by atoms with Gasteiger partial charge in [-0.1, -0.05) is 128 Å². The average molecular weight is 843 g/mol. The van der Waals surface area contributed by atoms with Crippen LogP contribution in [0.3, 0.4) is 0 Å². The van der Waals surface area contributed by atoms with Gasteiger partial charge >= 0.3 is 0 Å². The third-order valence-electron chi connectivity index (χ3n) is 10.9. The third kappa shape index (κ3) is 23.6. The van der Waals surface area contributed by atoms with Crippen LogP contribution in [0, 0.1) is 17.8 Å². The number of aliphatic hydroxyl groups excluding tert-OH is 2. The van der Waals surface area contributed by atoms with Crippen LogP contribution < -0.4 is 27.4 Å². The molecule has 0 fully saturated rings. The van der Waals surface area contributed by atoms with Crippen molar-refractivity contribution in [2.45, 2.75) is 181 Å². The van der Waals surface area contributed by atoms with Gasteiger partial charge in [-0.2, -0.15) is 0 Å². The van der Waals surface area contributed by atoms with Gasteiger partial charge in [-0.3, -0.25) is 33.8 Å². The molecular weight excluding hydrogens is 765 g/mol. The van der Waals surface area contributed by atoms with Crippen LogP contribution in [0.25, 0.3) is 0 Å². The van der Waals surface area contributed by atoms with Crippen LogP contribution in [-0.4, -0.2) is 88.6 Å². The van der Waals surface area contributed by atoms with Gasteiger partial charge in [0.15, 0.2) is 17.5 Å². The molecule has 3 amide bonds. The molecule has 0 heterocycles. The van der Waals surface area contributed by atoms with E-state index in [1.807, 2.05) is 18.2 Å². The number of nitrogens with one attached hydrogen (secondary N) is 3. The molecule has 1 aromatic carbocycles. The summed E-state index contributed by atoms with van der Waals surface area (Å²) in [6, 6.07) is 5.67. The molecule has 60 heavy (non-hydrogen) atoms. The molecule has 0 bridgehead atoms. The summed E-state index contributed by atoms with van der Waals surface area (Å²) in [5.74, 6) is -5.34. The molecule has 0 saturated carbocycles. The summed E-state index contributed by atoms with van der Waals surface area (Å²) < 4.78 is 0. The number of guanidine groups is 1. The van der Waals surface area contributed by atoms with Crippen LogP contribution in [0.4, 0.5) is 0 Å². The number of aliphatic hydroxyl groups is 2. The van der Waals surface area contributed by atoms with E-state index in [1.165, 1.54) is 71.6 Å². The molecule has 0 aromatic heterocycles. The topological polar surface area (TPSA) is 243 Å². The van der Waals surface area contributed by atoms with Gasteiger partial charge in [-0.25, -0.2) is 0 Å². The molecule has 0 unspecified atom stereocenters. The Bertz CT molecular complexity index is 1450. The fraction of sp³-hybridized carbons (Fsp3) is 0.717. The van der Waals surface area contributed by atoms with Crippen molar-refractivity contribution in [3.63, 3.8) is 0 Å². The molecule has 6 atom stereocenters. The summed E-state index contributed by atoms with van der Waals surface area (Å²) in [7, 11) is 0. The van der Waals surface area contributed by atoms with Gasteiger partial charge in [0.2, 0.25) is 17.7 Å².